The van der Waals surface area contributed by atoms with Gasteiger partial charge in [-0.3, -0.25) is 19.4 Å². The molecular weight excluding hydrogens is 450 g/mol. The Kier molecular flexibility index (Phi) is 8.92. The van der Waals surface area contributed by atoms with Crippen LogP contribution in [0.3, 0.4) is 0 Å². The van der Waals surface area contributed by atoms with Gasteiger partial charge in [0, 0.05) is 69.0 Å². The van der Waals surface area contributed by atoms with E-state index < -0.39 is 11.8 Å². The molecule has 8 nitrogen and oxygen atoms in total. The van der Waals surface area contributed by atoms with Crippen LogP contribution in [0.5, 0.6) is 0 Å². The van der Waals surface area contributed by atoms with E-state index in [1.54, 1.807) is 11.3 Å². The zero-order valence-corrected chi connectivity index (χ0v) is 20.6. The number of anilines is 1. The molecule has 3 heterocycles. The number of hydrogen-bond acceptors (Lipinski definition) is 7. The topological polar surface area (TPSA) is 77.1 Å². The number of benzene rings is 1. The summed E-state index contributed by atoms with van der Waals surface area (Å²) < 4.78 is 5.34. The molecule has 2 fully saturated rings. The highest BCUT2D eigenvalue weighted by molar-refractivity contribution is 7.10. The number of nitrogens with zero attached hydrogens (tertiary/aromatic N) is 3. The summed E-state index contributed by atoms with van der Waals surface area (Å²) in [5.74, 6) is -1.14. The van der Waals surface area contributed by atoms with Crippen molar-refractivity contribution in [1.82, 2.24) is 20.4 Å². The largest absolute Gasteiger partial charge is 0.379 e. The van der Waals surface area contributed by atoms with Crippen molar-refractivity contribution in [3.05, 3.63) is 52.7 Å². The van der Waals surface area contributed by atoms with E-state index in [-0.39, 0.29) is 12.1 Å². The van der Waals surface area contributed by atoms with Crippen molar-refractivity contribution >= 4 is 28.8 Å². The lowest BCUT2D eigenvalue weighted by Gasteiger charge is -2.42. The third-order valence-electron chi connectivity index (χ3n) is 6.52. The van der Waals surface area contributed by atoms with Crippen LogP contribution in [0.4, 0.5) is 5.69 Å². The van der Waals surface area contributed by atoms with E-state index in [1.807, 2.05) is 19.1 Å². The first-order chi connectivity index (χ1) is 16.6. The first kappa shape index (κ1) is 24.7. The molecule has 2 aromatic rings. The Morgan fingerprint density at radius 2 is 1.71 bits per heavy atom. The maximum Gasteiger partial charge on any atom is 0.309 e. The van der Waals surface area contributed by atoms with Crippen LogP contribution in [-0.2, 0) is 14.3 Å². The van der Waals surface area contributed by atoms with E-state index in [0.29, 0.717) is 6.54 Å². The van der Waals surface area contributed by atoms with Gasteiger partial charge in [-0.2, -0.15) is 0 Å². The van der Waals surface area contributed by atoms with Crippen LogP contribution in [0.15, 0.2) is 47.8 Å². The Labute approximate surface area is 205 Å². The second-order valence-corrected chi connectivity index (χ2v) is 9.77. The summed E-state index contributed by atoms with van der Waals surface area (Å²) in [5.41, 5.74) is 1.24. The molecule has 2 aliphatic heterocycles. The van der Waals surface area contributed by atoms with E-state index in [9.17, 15) is 9.59 Å². The summed E-state index contributed by atoms with van der Waals surface area (Å²) in [4.78, 5) is 33.3. The number of carbonyl (C=O) groups excluding carboxylic acids is 2. The van der Waals surface area contributed by atoms with Crippen molar-refractivity contribution in [3.63, 3.8) is 0 Å². The van der Waals surface area contributed by atoms with Gasteiger partial charge in [0.2, 0.25) is 0 Å². The lowest BCUT2D eigenvalue weighted by atomic mass is 10.0. The zero-order valence-electron chi connectivity index (χ0n) is 19.8. The highest BCUT2D eigenvalue weighted by atomic mass is 32.1. The normalized spacial score (nSPS) is 19.4. The molecule has 2 N–H and O–H groups in total. The molecule has 184 valence electrons. The molecule has 0 unspecified atom stereocenters. The Morgan fingerprint density at radius 3 is 2.38 bits per heavy atom. The van der Waals surface area contributed by atoms with Crippen molar-refractivity contribution in [1.29, 1.82) is 0 Å². The van der Waals surface area contributed by atoms with Gasteiger partial charge in [-0.05, 0) is 30.5 Å². The van der Waals surface area contributed by atoms with Crippen LogP contribution < -0.4 is 15.5 Å². The fraction of sp³-hybridized carbons (Fsp3) is 0.520. The van der Waals surface area contributed by atoms with Crippen LogP contribution in [0, 0.1) is 0 Å². The van der Waals surface area contributed by atoms with Crippen LogP contribution in [0.25, 0.3) is 0 Å². The van der Waals surface area contributed by atoms with Gasteiger partial charge in [-0.1, -0.05) is 24.3 Å². The summed E-state index contributed by atoms with van der Waals surface area (Å²) in [7, 11) is 0. The average Bonchev–Trinajstić information content (AvgIpc) is 3.40. The number of ether oxygens (including phenoxy) is 1. The number of carbonyl (C=O) groups is 2. The number of hydrogen-bond donors (Lipinski definition) is 2. The molecule has 4 rings (SSSR count). The molecule has 0 saturated carbocycles. The molecule has 34 heavy (non-hydrogen) atoms. The monoisotopic (exact) mass is 485 g/mol. The molecule has 0 radical (unpaired) electrons. The highest BCUT2D eigenvalue weighted by Crippen LogP contribution is 2.30. The summed E-state index contributed by atoms with van der Waals surface area (Å²) in [6.45, 7) is 9.96. The van der Waals surface area contributed by atoms with Crippen molar-refractivity contribution in [3.8, 4) is 0 Å². The lowest BCUT2D eigenvalue weighted by Crippen LogP contribution is -2.54. The van der Waals surface area contributed by atoms with Crippen molar-refractivity contribution < 1.29 is 14.3 Å². The standard InChI is InChI=1S/C25H35N5O3S/c1-20(27-25(32)24(31)26-9-10-28-15-17-33-18-16-28)23(22-8-5-19-34-22)30-13-11-29(12-14-30)21-6-3-2-4-7-21/h2-8,19-20,23H,9-18H2,1H3,(H,26,31)(H,27,32)/t20-,23-/m1/s1. The predicted molar refractivity (Wildman–Crippen MR) is 135 cm³/mol. The number of piperazine rings is 1. The fourth-order valence-electron chi connectivity index (χ4n) is 4.68. The number of thiophene rings is 1. The number of morpholine rings is 1. The van der Waals surface area contributed by atoms with Gasteiger partial charge in [0.25, 0.3) is 0 Å². The van der Waals surface area contributed by atoms with Crippen molar-refractivity contribution in [2.45, 2.75) is 19.0 Å². The second kappa shape index (κ2) is 12.3. The van der Waals surface area contributed by atoms with E-state index in [2.05, 4.69) is 61.0 Å². The summed E-state index contributed by atoms with van der Waals surface area (Å²) in [6.07, 6.45) is 0. The smallest absolute Gasteiger partial charge is 0.309 e. The van der Waals surface area contributed by atoms with Crippen LogP contribution in [-0.4, -0.2) is 93.2 Å². The molecule has 2 aliphatic rings. The molecule has 1 aromatic carbocycles. The average molecular weight is 486 g/mol. The molecule has 2 amide bonds. The van der Waals surface area contributed by atoms with Gasteiger partial charge >= 0.3 is 11.8 Å². The first-order valence-corrected chi connectivity index (χ1v) is 13.0. The summed E-state index contributed by atoms with van der Waals surface area (Å²) in [6, 6.07) is 14.5. The maximum atomic E-state index is 12.6. The predicted octanol–water partition coefficient (Wildman–Crippen LogP) is 1.56. The molecule has 1 aromatic heterocycles. The third-order valence-corrected chi connectivity index (χ3v) is 7.46. The van der Waals surface area contributed by atoms with Gasteiger partial charge in [0.1, 0.15) is 0 Å². The molecule has 2 saturated heterocycles. The summed E-state index contributed by atoms with van der Waals surface area (Å²) in [5, 5.41) is 7.79. The fourth-order valence-corrected chi connectivity index (χ4v) is 5.65. The first-order valence-electron chi connectivity index (χ1n) is 12.1. The third kappa shape index (κ3) is 6.56. The van der Waals surface area contributed by atoms with Crippen molar-refractivity contribution in [2.24, 2.45) is 0 Å². The number of amides is 2. The molecular formula is C25H35N5O3S. The quantitative estimate of drug-likeness (QED) is 0.553. The maximum absolute atomic E-state index is 12.6. The zero-order chi connectivity index (χ0) is 23.8. The van der Waals surface area contributed by atoms with Crippen LogP contribution in [0.1, 0.15) is 17.8 Å². The minimum atomic E-state index is -0.570. The molecule has 0 aliphatic carbocycles. The number of nitrogens with one attached hydrogen (secondary N) is 2. The van der Waals surface area contributed by atoms with Crippen molar-refractivity contribution in [2.75, 3.05) is 70.5 Å². The molecule has 9 heteroatoms. The lowest BCUT2D eigenvalue weighted by molar-refractivity contribution is -0.139. The minimum Gasteiger partial charge on any atom is -0.379 e. The van der Waals surface area contributed by atoms with E-state index >= 15 is 0 Å². The van der Waals surface area contributed by atoms with E-state index in [0.717, 1.165) is 59.0 Å². The van der Waals surface area contributed by atoms with Crippen LogP contribution in [0.2, 0.25) is 0 Å². The Morgan fingerprint density at radius 1 is 0.971 bits per heavy atom. The van der Waals surface area contributed by atoms with Gasteiger partial charge in [0.05, 0.1) is 19.3 Å². The van der Waals surface area contributed by atoms with Gasteiger partial charge in [-0.15, -0.1) is 11.3 Å². The van der Waals surface area contributed by atoms with Gasteiger partial charge in [0.15, 0.2) is 0 Å². The number of para-hydroxylation sites is 1. The Balaban J connectivity index is 1.30. The Hall–Kier alpha value is -2.46. The van der Waals surface area contributed by atoms with Gasteiger partial charge in [-0.25, -0.2) is 0 Å². The summed E-state index contributed by atoms with van der Waals surface area (Å²) >= 11 is 1.69. The molecule has 2 atom stereocenters. The second-order valence-electron chi connectivity index (χ2n) is 8.79. The van der Waals surface area contributed by atoms with Gasteiger partial charge < -0.3 is 20.3 Å². The van der Waals surface area contributed by atoms with E-state index in [4.69, 9.17) is 4.74 Å². The molecule has 0 bridgehead atoms. The molecule has 0 spiro atoms. The minimum absolute atomic E-state index is 0.0306. The highest BCUT2D eigenvalue weighted by Gasteiger charge is 2.32. The van der Waals surface area contributed by atoms with Crippen LogP contribution >= 0.6 is 11.3 Å². The SMILES string of the molecule is C[C@@H](NC(=O)C(=O)NCCN1CCOCC1)[C@H](c1cccs1)N1CCN(c2ccccc2)CC1. The number of rotatable bonds is 8. The van der Waals surface area contributed by atoms with E-state index in [1.165, 1.54) is 10.6 Å². The Bertz CT molecular complexity index is 897.